The van der Waals surface area contributed by atoms with Gasteiger partial charge >= 0.3 is 0 Å². The van der Waals surface area contributed by atoms with E-state index in [-0.39, 0.29) is 6.61 Å². The van der Waals surface area contributed by atoms with Crippen LogP contribution in [0.3, 0.4) is 0 Å². The minimum absolute atomic E-state index is 0.293. The van der Waals surface area contributed by atoms with E-state index in [1.165, 1.54) is 0 Å². The number of rotatable bonds is 3. The van der Waals surface area contributed by atoms with Gasteiger partial charge in [0.1, 0.15) is 5.41 Å². The molecule has 2 unspecified atom stereocenters. The number of nitrogens with zero attached hydrogens (tertiary/aromatic N) is 1. The molecule has 0 fully saturated rings. The van der Waals surface area contributed by atoms with Crippen LogP contribution in [-0.4, -0.2) is 22.9 Å². The highest BCUT2D eigenvalue weighted by atomic mass is 16.3. The fourth-order valence-corrected chi connectivity index (χ4v) is 0.666. The van der Waals surface area contributed by atoms with E-state index in [9.17, 15) is 5.11 Å². The maximum absolute atomic E-state index is 9.19. The second-order valence-corrected chi connectivity index (χ2v) is 2.61. The quantitative estimate of drug-likeness (QED) is 0.596. The fraction of sp³-hybridized carbons (Fsp3) is 0.857. The van der Waals surface area contributed by atoms with Crippen LogP contribution in [0.15, 0.2) is 0 Å². The van der Waals surface area contributed by atoms with Crippen LogP contribution in [0, 0.1) is 16.7 Å². The van der Waals surface area contributed by atoms with Gasteiger partial charge in [-0.3, -0.25) is 0 Å². The Bertz CT molecular complexity index is 141. The molecule has 0 amide bonds. The van der Waals surface area contributed by atoms with Gasteiger partial charge in [0, 0.05) is 0 Å². The molecule has 0 saturated carbocycles. The smallest absolute Gasteiger partial charge is 0.103 e. The molecule has 0 aliphatic rings. The molecule has 2 N–H and O–H groups in total. The summed E-state index contributed by atoms with van der Waals surface area (Å²) in [6.07, 6.45) is -0.243. The first-order valence-corrected chi connectivity index (χ1v) is 3.31. The van der Waals surface area contributed by atoms with Gasteiger partial charge in [-0.1, -0.05) is 6.92 Å². The lowest BCUT2D eigenvalue weighted by molar-refractivity contribution is 0.0307. The number of hydrogen-bond donors (Lipinski definition) is 2. The van der Waals surface area contributed by atoms with Gasteiger partial charge in [-0.05, 0) is 13.3 Å². The predicted molar refractivity (Wildman–Crippen MR) is 37.1 cm³/mol. The summed E-state index contributed by atoms with van der Waals surface area (Å²) in [7, 11) is 0. The highest BCUT2D eigenvalue weighted by Crippen LogP contribution is 2.21. The average molecular weight is 143 g/mol. The van der Waals surface area contributed by atoms with Crippen molar-refractivity contribution in [3.63, 3.8) is 0 Å². The molecule has 3 nitrogen and oxygen atoms in total. The average Bonchev–Trinajstić information content (AvgIpc) is 2.01. The topological polar surface area (TPSA) is 64.2 Å². The Morgan fingerprint density at radius 2 is 2.20 bits per heavy atom. The van der Waals surface area contributed by atoms with Crippen LogP contribution < -0.4 is 0 Å². The van der Waals surface area contributed by atoms with Crippen LogP contribution in [0.2, 0.25) is 0 Å². The van der Waals surface area contributed by atoms with Crippen molar-refractivity contribution in [3.8, 4) is 6.07 Å². The van der Waals surface area contributed by atoms with Crippen molar-refractivity contribution < 1.29 is 10.2 Å². The van der Waals surface area contributed by atoms with Gasteiger partial charge in [-0.25, -0.2) is 0 Å². The molecular formula is C7H13NO2. The van der Waals surface area contributed by atoms with E-state index in [2.05, 4.69) is 0 Å². The maximum Gasteiger partial charge on any atom is 0.103 e. The zero-order chi connectivity index (χ0) is 8.20. The maximum atomic E-state index is 9.19. The summed E-state index contributed by atoms with van der Waals surface area (Å²) >= 11 is 0. The van der Waals surface area contributed by atoms with E-state index < -0.39 is 11.5 Å². The van der Waals surface area contributed by atoms with E-state index in [1.54, 1.807) is 13.8 Å². The van der Waals surface area contributed by atoms with Gasteiger partial charge in [-0.15, -0.1) is 0 Å². The third-order valence-corrected chi connectivity index (χ3v) is 1.71. The number of aliphatic hydroxyl groups excluding tert-OH is 2. The van der Waals surface area contributed by atoms with E-state index >= 15 is 0 Å². The van der Waals surface area contributed by atoms with Crippen LogP contribution in [0.5, 0.6) is 0 Å². The van der Waals surface area contributed by atoms with Gasteiger partial charge in [-0.2, -0.15) is 5.26 Å². The van der Waals surface area contributed by atoms with Crippen molar-refractivity contribution in [2.45, 2.75) is 26.4 Å². The third kappa shape index (κ3) is 1.69. The second kappa shape index (κ2) is 3.55. The minimum Gasteiger partial charge on any atom is -0.395 e. The Hall–Kier alpha value is -0.590. The summed E-state index contributed by atoms with van der Waals surface area (Å²) in [6.45, 7) is 3.02. The van der Waals surface area contributed by atoms with Crippen molar-refractivity contribution >= 4 is 0 Å². The number of nitriles is 1. The molecule has 0 aliphatic carbocycles. The second-order valence-electron chi connectivity index (χ2n) is 2.61. The molecular weight excluding hydrogens is 130 g/mol. The molecule has 0 saturated heterocycles. The zero-order valence-electron chi connectivity index (χ0n) is 6.33. The largest absolute Gasteiger partial charge is 0.395 e. The lowest BCUT2D eigenvalue weighted by Gasteiger charge is -2.23. The van der Waals surface area contributed by atoms with Crippen LogP contribution in [-0.2, 0) is 0 Å². The van der Waals surface area contributed by atoms with Crippen molar-refractivity contribution in [3.05, 3.63) is 0 Å². The summed E-state index contributed by atoms with van der Waals surface area (Å²) in [5.74, 6) is 0. The van der Waals surface area contributed by atoms with E-state index in [1.807, 2.05) is 6.07 Å². The summed E-state index contributed by atoms with van der Waals surface area (Å²) < 4.78 is 0. The fourth-order valence-electron chi connectivity index (χ4n) is 0.666. The molecule has 0 aromatic rings. The summed E-state index contributed by atoms with van der Waals surface area (Å²) in [4.78, 5) is 0. The van der Waals surface area contributed by atoms with Gasteiger partial charge in [0.05, 0.1) is 18.8 Å². The molecule has 0 radical (unpaired) electrons. The number of hydrogen-bond acceptors (Lipinski definition) is 3. The molecule has 0 spiro atoms. The molecule has 0 rings (SSSR count). The minimum atomic E-state index is -0.991. The van der Waals surface area contributed by atoms with Crippen LogP contribution in [0.1, 0.15) is 20.3 Å². The Morgan fingerprint density at radius 3 is 2.30 bits per heavy atom. The van der Waals surface area contributed by atoms with E-state index in [0.717, 1.165) is 0 Å². The van der Waals surface area contributed by atoms with Gasteiger partial charge < -0.3 is 10.2 Å². The third-order valence-electron chi connectivity index (χ3n) is 1.71. The Morgan fingerprint density at radius 1 is 1.70 bits per heavy atom. The first-order chi connectivity index (χ1) is 4.60. The monoisotopic (exact) mass is 143 g/mol. The van der Waals surface area contributed by atoms with Crippen LogP contribution >= 0.6 is 0 Å². The van der Waals surface area contributed by atoms with Gasteiger partial charge in [0.2, 0.25) is 0 Å². The van der Waals surface area contributed by atoms with Crippen LogP contribution in [0.4, 0.5) is 0 Å². The molecule has 0 aromatic carbocycles. The lowest BCUT2D eigenvalue weighted by Crippen LogP contribution is -2.33. The molecule has 0 aliphatic heterocycles. The van der Waals surface area contributed by atoms with Crippen molar-refractivity contribution in [2.75, 3.05) is 6.61 Å². The van der Waals surface area contributed by atoms with Crippen molar-refractivity contribution in [1.29, 1.82) is 5.26 Å². The molecule has 2 atom stereocenters. The van der Waals surface area contributed by atoms with E-state index in [4.69, 9.17) is 10.4 Å². The summed E-state index contributed by atoms with van der Waals surface area (Å²) in [6, 6.07) is 1.88. The SMILES string of the molecule is CCC(O)C(C)(C#N)CO. The highest BCUT2D eigenvalue weighted by molar-refractivity contribution is 4.99. The van der Waals surface area contributed by atoms with Gasteiger partial charge in [0.25, 0.3) is 0 Å². The lowest BCUT2D eigenvalue weighted by atomic mass is 9.85. The molecule has 0 heterocycles. The molecule has 3 heteroatoms. The first kappa shape index (κ1) is 9.41. The normalized spacial score (nSPS) is 19.1. The standard InChI is InChI=1S/C7H13NO2/c1-3-6(10)7(2,4-8)5-9/h6,9-10H,3,5H2,1-2H3. The van der Waals surface area contributed by atoms with Crippen molar-refractivity contribution in [2.24, 2.45) is 5.41 Å². The van der Waals surface area contributed by atoms with E-state index in [0.29, 0.717) is 6.42 Å². The molecule has 10 heavy (non-hydrogen) atoms. The molecule has 0 bridgehead atoms. The van der Waals surface area contributed by atoms with Crippen LogP contribution in [0.25, 0.3) is 0 Å². The van der Waals surface area contributed by atoms with Crippen molar-refractivity contribution in [1.82, 2.24) is 0 Å². The Kier molecular flexibility index (Phi) is 3.34. The van der Waals surface area contributed by atoms with Gasteiger partial charge in [0.15, 0.2) is 0 Å². The summed E-state index contributed by atoms with van der Waals surface area (Å²) in [5, 5.41) is 26.4. The number of aliphatic hydroxyl groups is 2. The molecule has 0 aromatic heterocycles. The zero-order valence-corrected chi connectivity index (χ0v) is 6.33. The Labute approximate surface area is 60.9 Å². The summed E-state index contributed by atoms with van der Waals surface area (Å²) in [5.41, 5.74) is -0.991. The first-order valence-electron chi connectivity index (χ1n) is 3.31. The highest BCUT2D eigenvalue weighted by Gasteiger charge is 2.30. The molecule has 58 valence electrons. The Balaban J connectivity index is 4.21. The predicted octanol–water partition coefficient (Wildman–Crippen LogP) is 0.279.